The molecule has 12 heavy (non-hydrogen) atoms. The molecule has 0 amide bonds. The Morgan fingerprint density at radius 3 is 2.50 bits per heavy atom. The van der Waals surface area contributed by atoms with Gasteiger partial charge in [-0.05, 0) is 24.6 Å². The second-order valence-corrected chi connectivity index (χ2v) is 3.24. The average Bonchev–Trinajstić information content (AvgIpc) is 2.09. The second-order valence-electron chi connectivity index (χ2n) is 2.68. The van der Waals surface area contributed by atoms with Gasteiger partial charge in [-0.3, -0.25) is 0 Å². The van der Waals surface area contributed by atoms with Crippen LogP contribution < -0.4 is 0 Å². The van der Waals surface area contributed by atoms with E-state index >= 15 is 0 Å². The maximum Gasteiger partial charge on any atom is 0.123 e. The van der Waals surface area contributed by atoms with Crippen molar-refractivity contribution in [2.75, 3.05) is 5.33 Å². The summed E-state index contributed by atoms with van der Waals surface area (Å²) in [6.45, 7) is 2.03. The molecule has 0 fully saturated rings. The summed E-state index contributed by atoms with van der Waals surface area (Å²) in [5.74, 6) is -0.191. The first kappa shape index (κ1) is 9.46. The summed E-state index contributed by atoms with van der Waals surface area (Å²) in [4.78, 5) is 0. The number of halogens is 2. The van der Waals surface area contributed by atoms with E-state index in [2.05, 4.69) is 15.9 Å². The fourth-order valence-corrected chi connectivity index (χ4v) is 1.04. The van der Waals surface area contributed by atoms with Crippen LogP contribution in [0.3, 0.4) is 0 Å². The number of hydrogen-bond acceptors (Lipinski definition) is 0. The molecule has 0 nitrogen and oxygen atoms in total. The Kier molecular flexibility index (Phi) is 3.48. The number of allylic oxidation sites excluding steroid dienone is 1. The van der Waals surface area contributed by atoms with E-state index in [0.717, 1.165) is 10.9 Å². The summed E-state index contributed by atoms with van der Waals surface area (Å²) in [5.41, 5.74) is 2.26. The highest BCUT2D eigenvalue weighted by Crippen LogP contribution is 2.09. The van der Waals surface area contributed by atoms with Gasteiger partial charge >= 0.3 is 0 Å². The highest BCUT2D eigenvalue weighted by Gasteiger charge is 1.90. The van der Waals surface area contributed by atoms with Gasteiger partial charge < -0.3 is 0 Å². The molecule has 1 aromatic rings. The van der Waals surface area contributed by atoms with E-state index in [1.165, 1.54) is 17.7 Å². The van der Waals surface area contributed by atoms with Crippen molar-refractivity contribution < 1.29 is 4.39 Å². The molecule has 2 heteroatoms. The third kappa shape index (κ3) is 2.78. The zero-order chi connectivity index (χ0) is 8.97. The van der Waals surface area contributed by atoms with Gasteiger partial charge in [0.15, 0.2) is 0 Å². The predicted octanol–water partition coefficient (Wildman–Crippen LogP) is 3.62. The summed E-state index contributed by atoms with van der Waals surface area (Å²) < 4.78 is 12.5. The minimum Gasteiger partial charge on any atom is -0.207 e. The third-order valence-electron chi connectivity index (χ3n) is 1.49. The van der Waals surface area contributed by atoms with Gasteiger partial charge in [-0.1, -0.05) is 39.7 Å². The first-order valence-electron chi connectivity index (χ1n) is 3.71. The number of rotatable bonds is 2. The molecule has 0 atom stereocenters. The summed E-state index contributed by atoms with van der Waals surface area (Å²) in [6.07, 6.45) is 2.02. The van der Waals surface area contributed by atoms with Crippen LogP contribution in [0.1, 0.15) is 12.5 Å². The van der Waals surface area contributed by atoms with Crippen LogP contribution >= 0.6 is 15.9 Å². The van der Waals surface area contributed by atoms with Crippen molar-refractivity contribution in [3.05, 3.63) is 41.2 Å². The van der Waals surface area contributed by atoms with E-state index in [1.54, 1.807) is 12.1 Å². The van der Waals surface area contributed by atoms with Crippen LogP contribution in [0, 0.1) is 5.82 Å². The van der Waals surface area contributed by atoms with E-state index in [4.69, 9.17) is 0 Å². The SMILES string of the molecule is C/C(=C/c1ccc(F)cc1)CBr. The quantitative estimate of drug-likeness (QED) is 0.679. The normalized spacial score (nSPS) is 11.8. The molecule has 0 saturated heterocycles. The topological polar surface area (TPSA) is 0 Å². The van der Waals surface area contributed by atoms with Crippen molar-refractivity contribution in [3.8, 4) is 0 Å². The van der Waals surface area contributed by atoms with Crippen LogP contribution in [0.25, 0.3) is 6.08 Å². The van der Waals surface area contributed by atoms with Gasteiger partial charge in [0.05, 0.1) is 0 Å². The van der Waals surface area contributed by atoms with Crippen LogP contribution in [-0.2, 0) is 0 Å². The highest BCUT2D eigenvalue weighted by molar-refractivity contribution is 9.09. The summed E-state index contributed by atoms with van der Waals surface area (Å²) in [7, 11) is 0. The standard InChI is InChI=1S/C10H10BrF/c1-8(7-11)6-9-2-4-10(12)5-3-9/h2-6H,7H2,1H3/b8-6-. The van der Waals surface area contributed by atoms with Gasteiger partial charge in [0, 0.05) is 5.33 Å². The van der Waals surface area contributed by atoms with Crippen molar-refractivity contribution >= 4 is 22.0 Å². The molecule has 1 aromatic carbocycles. The van der Waals surface area contributed by atoms with Gasteiger partial charge in [0.1, 0.15) is 5.82 Å². The summed E-state index contributed by atoms with van der Waals surface area (Å²) >= 11 is 3.34. The average molecular weight is 229 g/mol. The van der Waals surface area contributed by atoms with Crippen LogP contribution in [0.5, 0.6) is 0 Å². The largest absolute Gasteiger partial charge is 0.207 e. The van der Waals surface area contributed by atoms with Crippen molar-refractivity contribution in [2.24, 2.45) is 0 Å². The molecule has 1 rings (SSSR count). The fourth-order valence-electron chi connectivity index (χ4n) is 0.882. The zero-order valence-electron chi connectivity index (χ0n) is 6.85. The summed E-state index contributed by atoms with van der Waals surface area (Å²) in [6, 6.07) is 6.46. The minimum atomic E-state index is -0.191. The molecular weight excluding hydrogens is 219 g/mol. The van der Waals surface area contributed by atoms with Gasteiger partial charge in [-0.15, -0.1) is 0 Å². The molecule has 0 N–H and O–H groups in total. The molecule has 0 aliphatic rings. The molecule has 0 bridgehead atoms. The lowest BCUT2D eigenvalue weighted by atomic mass is 10.1. The molecule has 0 heterocycles. The van der Waals surface area contributed by atoms with E-state index < -0.39 is 0 Å². The van der Waals surface area contributed by atoms with Crippen molar-refractivity contribution in [2.45, 2.75) is 6.92 Å². The van der Waals surface area contributed by atoms with Gasteiger partial charge in [0.25, 0.3) is 0 Å². The molecule has 0 spiro atoms. The maximum absolute atomic E-state index is 12.5. The highest BCUT2D eigenvalue weighted by atomic mass is 79.9. The minimum absolute atomic E-state index is 0.191. The molecule has 0 aliphatic carbocycles. The van der Waals surface area contributed by atoms with Gasteiger partial charge in [-0.25, -0.2) is 4.39 Å². The summed E-state index contributed by atoms with van der Waals surface area (Å²) in [5, 5.41) is 0.852. The lowest BCUT2D eigenvalue weighted by molar-refractivity contribution is 0.628. The molecular formula is C10H10BrF. The monoisotopic (exact) mass is 228 g/mol. The number of alkyl halides is 1. The third-order valence-corrected chi connectivity index (χ3v) is 2.38. The lowest BCUT2D eigenvalue weighted by Gasteiger charge is -1.95. The molecule has 0 aliphatic heterocycles. The lowest BCUT2D eigenvalue weighted by Crippen LogP contribution is -1.78. The van der Waals surface area contributed by atoms with E-state index in [0.29, 0.717) is 0 Å². The van der Waals surface area contributed by atoms with Crippen LogP contribution in [0.15, 0.2) is 29.8 Å². The zero-order valence-corrected chi connectivity index (χ0v) is 8.44. The van der Waals surface area contributed by atoms with Crippen molar-refractivity contribution in [1.29, 1.82) is 0 Å². The number of benzene rings is 1. The van der Waals surface area contributed by atoms with Crippen LogP contribution in [-0.4, -0.2) is 5.33 Å². The van der Waals surface area contributed by atoms with E-state index in [1.807, 2.05) is 13.0 Å². The van der Waals surface area contributed by atoms with E-state index in [9.17, 15) is 4.39 Å². The smallest absolute Gasteiger partial charge is 0.123 e. The van der Waals surface area contributed by atoms with Gasteiger partial charge in [-0.2, -0.15) is 0 Å². The van der Waals surface area contributed by atoms with Crippen molar-refractivity contribution in [1.82, 2.24) is 0 Å². The second kappa shape index (κ2) is 4.41. The Labute approximate surface area is 80.2 Å². The number of hydrogen-bond donors (Lipinski definition) is 0. The maximum atomic E-state index is 12.5. The fraction of sp³-hybridized carbons (Fsp3) is 0.200. The first-order chi connectivity index (χ1) is 5.72. The molecule has 64 valence electrons. The van der Waals surface area contributed by atoms with Crippen molar-refractivity contribution in [3.63, 3.8) is 0 Å². The first-order valence-corrected chi connectivity index (χ1v) is 4.83. The molecule has 0 unspecified atom stereocenters. The Bertz CT molecular complexity index is 274. The van der Waals surface area contributed by atoms with E-state index in [-0.39, 0.29) is 5.82 Å². The van der Waals surface area contributed by atoms with Crippen LogP contribution in [0.4, 0.5) is 4.39 Å². The Balaban J connectivity index is 2.84. The Morgan fingerprint density at radius 2 is 2.00 bits per heavy atom. The molecule has 0 radical (unpaired) electrons. The van der Waals surface area contributed by atoms with Gasteiger partial charge in [0.2, 0.25) is 0 Å². The molecule has 0 aromatic heterocycles. The molecule has 0 saturated carbocycles. The predicted molar refractivity (Wildman–Crippen MR) is 53.8 cm³/mol. The van der Waals surface area contributed by atoms with Crippen LogP contribution in [0.2, 0.25) is 0 Å². The Morgan fingerprint density at radius 1 is 1.42 bits per heavy atom. The Hall–Kier alpha value is -0.630.